The maximum atomic E-state index is 10.2. The summed E-state index contributed by atoms with van der Waals surface area (Å²) in [6.45, 7) is 0. The minimum Gasteiger partial charge on any atom is -0.192 e. The van der Waals surface area contributed by atoms with E-state index in [0.717, 1.165) is 66.8 Å². The van der Waals surface area contributed by atoms with Crippen molar-refractivity contribution in [2.75, 3.05) is 0 Å². The van der Waals surface area contributed by atoms with Crippen molar-refractivity contribution in [1.29, 1.82) is 10.5 Å². The first-order chi connectivity index (χ1) is 22.7. The van der Waals surface area contributed by atoms with Gasteiger partial charge in [-0.05, 0) is 91.5 Å². The minimum absolute atomic E-state index is 0.632. The van der Waals surface area contributed by atoms with Crippen molar-refractivity contribution in [2.24, 2.45) is 0 Å². The van der Waals surface area contributed by atoms with Crippen molar-refractivity contribution >= 4 is 0 Å². The lowest BCUT2D eigenvalue weighted by Gasteiger charge is -2.12. The molecule has 0 spiro atoms. The molecule has 46 heavy (non-hydrogen) atoms. The molecule has 0 fully saturated rings. The van der Waals surface area contributed by atoms with E-state index in [-0.39, 0.29) is 0 Å². The molecule has 7 aromatic carbocycles. The van der Waals surface area contributed by atoms with Crippen LogP contribution in [0.1, 0.15) is 11.1 Å². The quantitative estimate of drug-likeness (QED) is 0.195. The Morgan fingerprint density at radius 3 is 1.30 bits per heavy atom. The van der Waals surface area contributed by atoms with Gasteiger partial charge in [0.05, 0.1) is 23.3 Å². The van der Waals surface area contributed by atoms with Crippen molar-refractivity contribution in [3.05, 3.63) is 181 Å². The number of hydrogen-bond donors (Lipinski definition) is 0. The van der Waals surface area contributed by atoms with Gasteiger partial charge in [0, 0.05) is 5.56 Å². The number of nitriles is 2. The molecule has 0 aliphatic rings. The Bertz CT molecular complexity index is 2250. The molecule has 0 aromatic heterocycles. The minimum atomic E-state index is 0.632. The van der Waals surface area contributed by atoms with Crippen molar-refractivity contribution < 1.29 is 0 Å². The summed E-state index contributed by atoms with van der Waals surface area (Å²) in [7, 11) is 0. The predicted octanol–water partition coefficient (Wildman–Crippen LogP) is 11.4. The van der Waals surface area contributed by atoms with Crippen LogP contribution in [0.25, 0.3) is 66.8 Å². The van der Waals surface area contributed by atoms with E-state index in [1.165, 1.54) is 0 Å². The van der Waals surface area contributed by atoms with E-state index >= 15 is 0 Å². The first-order valence-corrected chi connectivity index (χ1v) is 15.2. The largest absolute Gasteiger partial charge is 0.192 e. The van der Waals surface area contributed by atoms with Gasteiger partial charge in [-0.15, -0.1) is 0 Å². The van der Waals surface area contributed by atoms with Crippen LogP contribution in [0.15, 0.2) is 170 Å². The summed E-state index contributed by atoms with van der Waals surface area (Å²) in [4.78, 5) is 0. The molecule has 0 heterocycles. The van der Waals surface area contributed by atoms with Crippen LogP contribution in [0.2, 0.25) is 0 Å². The van der Waals surface area contributed by atoms with E-state index in [0.29, 0.717) is 11.1 Å². The van der Waals surface area contributed by atoms with E-state index in [4.69, 9.17) is 0 Å². The highest BCUT2D eigenvalue weighted by molar-refractivity contribution is 5.83. The second-order valence-electron chi connectivity index (χ2n) is 11.2. The highest BCUT2D eigenvalue weighted by atomic mass is 14.3. The van der Waals surface area contributed by atoms with E-state index in [1.807, 2.05) is 72.8 Å². The van der Waals surface area contributed by atoms with E-state index in [2.05, 4.69) is 109 Å². The van der Waals surface area contributed by atoms with Crippen LogP contribution in [0, 0.1) is 22.7 Å². The monoisotopic (exact) mass is 584 g/mol. The fraction of sp³-hybridized carbons (Fsp3) is 0. The zero-order valence-corrected chi connectivity index (χ0v) is 25.1. The third kappa shape index (κ3) is 5.72. The first-order valence-electron chi connectivity index (χ1n) is 15.2. The Morgan fingerprint density at radius 2 is 0.674 bits per heavy atom. The molecule has 0 bridgehead atoms. The zero-order valence-electron chi connectivity index (χ0n) is 25.1. The molecule has 0 saturated heterocycles. The van der Waals surface area contributed by atoms with Crippen molar-refractivity contribution in [2.45, 2.75) is 0 Å². The highest BCUT2D eigenvalue weighted by Gasteiger charge is 2.12. The van der Waals surface area contributed by atoms with Crippen molar-refractivity contribution in [1.82, 2.24) is 0 Å². The normalized spacial score (nSPS) is 10.6. The van der Waals surface area contributed by atoms with Crippen LogP contribution < -0.4 is 0 Å². The van der Waals surface area contributed by atoms with Gasteiger partial charge in [-0.2, -0.15) is 10.5 Å². The molecule has 0 amide bonds. The fourth-order valence-electron chi connectivity index (χ4n) is 5.98. The van der Waals surface area contributed by atoms with Gasteiger partial charge in [0.2, 0.25) is 0 Å². The smallest absolute Gasteiger partial charge is 0.0998 e. The number of rotatable bonds is 6. The molecular weight excluding hydrogens is 556 g/mol. The average Bonchev–Trinajstić information content (AvgIpc) is 3.15. The average molecular weight is 585 g/mol. The van der Waals surface area contributed by atoms with Gasteiger partial charge in [-0.3, -0.25) is 0 Å². The third-order valence-corrected chi connectivity index (χ3v) is 8.39. The molecule has 7 rings (SSSR count). The Hall–Kier alpha value is -6.48. The van der Waals surface area contributed by atoms with Gasteiger partial charge >= 0.3 is 0 Å². The Morgan fingerprint density at radius 1 is 0.261 bits per heavy atom. The summed E-state index contributed by atoms with van der Waals surface area (Å²) < 4.78 is 0. The number of nitrogens with zero attached hydrogens (tertiary/aromatic N) is 2. The number of hydrogen-bond acceptors (Lipinski definition) is 2. The van der Waals surface area contributed by atoms with Crippen LogP contribution in [-0.4, -0.2) is 0 Å². The van der Waals surface area contributed by atoms with Gasteiger partial charge in [0.25, 0.3) is 0 Å². The summed E-state index contributed by atoms with van der Waals surface area (Å²) in [5, 5.41) is 20.1. The summed E-state index contributed by atoms with van der Waals surface area (Å²) >= 11 is 0. The standard InChI is InChI=1S/C44H28N2/c45-29-41-22-21-39(28-44(41)34-19-17-33(18-20-34)31-9-3-1-4-10-31)37-15-7-14-36(25-37)38-23-24-43(42(27-38)30-46)40-16-8-13-35(26-40)32-11-5-2-6-12-32/h1-28H. The molecule has 0 radical (unpaired) electrons. The van der Waals surface area contributed by atoms with Gasteiger partial charge < -0.3 is 0 Å². The zero-order chi connectivity index (χ0) is 31.3. The van der Waals surface area contributed by atoms with Gasteiger partial charge in [-0.25, -0.2) is 0 Å². The van der Waals surface area contributed by atoms with Crippen molar-refractivity contribution in [3.8, 4) is 78.9 Å². The number of benzene rings is 7. The first kappa shape index (κ1) is 28.3. The van der Waals surface area contributed by atoms with Gasteiger partial charge in [-0.1, -0.05) is 140 Å². The molecule has 2 nitrogen and oxygen atoms in total. The van der Waals surface area contributed by atoms with Crippen LogP contribution in [0.3, 0.4) is 0 Å². The van der Waals surface area contributed by atoms with Gasteiger partial charge in [0.1, 0.15) is 0 Å². The lowest BCUT2D eigenvalue weighted by molar-refractivity contribution is 1.47. The van der Waals surface area contributed by atoms with Crippen LogP contribution in [0.4, 0.5) is 0 Å². The lowest BCUT2D eigenvalue weighted by atomic mass is 9.91. The summed E-state index contributed by atoms with van der Waals surface area (Å²) in [5.41, 5.74) is 13.7. The summed E-state index contributed by atoms with van der Waals surface area (Å²) in [6.07, 6.45) is 0. The SMILES string of the molecule is N#Cc1cc(-c2cccc(-c3ccc(C#N)c(-c4ccc(-c5ccccc5)cc4)c3)c2)ccc1-c1cccc(-c2ccccc2)c1. The molecule has 2 heteroatoms. The van der Waals surface area contributed by atoms with Crippen LogP contribution in [0.5, 0.6) is 0 Å². The second kappa shape index (κ2) is 12.6. The topological polar surface area (TPSA) is 47.6 Å². The van der Waals surface area contributed by atoms with E-state index in [1.54, 1.807) is 0 Å². The predicted molar refractivity (Wildman–Crippen MR) is 188 cm³/mol. The molecule has 0 aliphatic carbocycles. The molecule has 0 N–H and O–H groups in total. The Labute approximate surface area is 269 Å². The highest BCUT2D eigenvalue weighted by Crippen LogP contribution is 2.35. The van der Waals surface area contributed by atoms with Crippen LogP contribution >= 0.6 is 0 Å². The summed E-state index contributed by atoms with van der Waals surface area (Å²) in [6, 6.07) is 62.5. The lowest BCUT2D eigenvalue weighted by Crippen LogP contribution is -1.89. The maximum absolute atomic E-state index is 10.2. The van der Waals surface area contributed by atoms with E-state index in [9.17, 15) is 10.5 Å². The third-order valence-electron chi connectivity index (χ3n) is 8.39. The second-order valence-corrected chi connectivity index (χ2v) is 11.2. The van der Waals surface area contributed by atoms with E-state index < -0.39 is 0 Å². The maximum Gasteiger partial charge on any atom is 0.0998 e. The van der Waals surface area contributed by atoms with Gasteiger partial charge in [0.15, 0.2) is 0 Å². The Kier molecular flexibility index (Phi) is 7.77. The molecule has 0 unspecified atom stereocenters. The molecule has 7 aromatic rings. The van der Waals surface area contributed by atoms with Crippen molar-refractivity contribution in [3.63, 3.8) is 0 Å². The molecule has 0 aliphatic heterocycles. The fourth-order valence-corrected chi connectivity index (χ4v) is 5.98. The van der Waals surface area contributed by atoms with Crippen LogP contribution in [-0.2, 0) is 0 Å². The molecule has 0 saturated carbocycles. The molecular formula is C44H28N2. The molecule has 214 valence electrons. The summed E-state index contributed by atoms with van der Waals surface area (Å²) in [5.74, 6) is 0. The molecule has 0 atom stereocenters. The Balaban J connectivity index is 1.21.